The summed E-state index contributed by atoms with van der Waals surface area (Å²) in [5.41, 5.74) is 1.84. The van der Waals surface area contributed by atoms with Crippen molar-refractivity contribution in [3.05, 3.63) is 55.0 Å². The molecule has 0 aliphatic rings. The van der Waals surface area contributed by atoms with Crippen LogP contribution in [0, 0.1) is 0 Å². The summed E-state index contributed by atoms with van der Waals surface area (Å²) < 4.78 is 0. The van der Waals surface area contributed by atoms with E-state index in [0.29, 0.717) is 12.4 Å². The molecule has 6 heteroatoms. The Labute approximate surface area is 134 Å². The van der Waals surface area contributed by atoms with Gasteiger partial charge in [0.05, 0.1) is 11.9 Å². The van der Waals surface area contributed by atoms with Gasteiger partial charge in [0.25, 0.3) is 0 Å². The average Bonchev–Trinajstić information content (AvgIpc) is 2.56. The maximum absolute atomic E-state index is 11.6. The van der Waals surface area contributed by atoms with Gasteiger partial charge in [-0.15, -0.1) is 0 Å². The number of carbonyl (C=O) groups is 1. The summed E-state index contributed by atoms with van der Waals surface area (Å²) in [5.74, 6) is 0.516. The van der Waals surface area contributed by atoms with Gasteiger partial charge in [0, 0.05) is 30.0 Å². The molecule has 23 heavy (non-hydrogen) atoms. The van der Waals surface area contributed by atoms with Crippen LogP contribution < -0.4 is 16.0 Å². The van der Waals surface area contributed by atoms with Crippen LogP contribution in [0.2, 0.25) is 0 Å². The van der Waals surface area contributed by atoms with Crippen LogP contribution in [0.25, 0.3) is 10.8 Å². The van der Waals surface area contributed by atoms with Crippen molar-refractivity contribution in [1.29, 1.82) is 0 Å². The van der Waals surface area contributed by atoms with E-state index in [1.54, 1.807) is 18.6 Å². The zero-order valence-corrected chi connectivity index (χ0v) is 12.7. The molecule has 0 radical (unpaired) electrons. The Morgan fingerprint density at radius 3 is 2.87 bits per heavy atom. The van der Waals surface area contributed by atoms with Gasteiger partial charge >= 0.3 is 6.03 Å². The summed E-state index contributed by atoms with van der Waals surface area (Å²) >= 11 is 0. The summed E-state index contributed by atoms with van der Waals surface area (Å²) in [5, 5.41) is 10.7. The van der Waals surface area contributed by atoms with Crippen LogP contribution in [-0.2, 0) is 0 Å². The third kappa shape index (κ3) is 3.55. The lowest BCUT2D eigenvalue weighted by atomic mass is 10.1. The Balaban J connectivity index is 1.88. The van der Waals surface area contributed by atoms with E-state index in [2.05, 4.69) is 25.9 Å². The molecule has 0 bridgehead atoms. The number of nitrogens with one attached hydrogen (secondary N) is 3. The Hall–Kier alpha value is -3.15. The van der Waals surface area contributed by atoms with Crippen molar-refractivity contribution in [2.24, 2.45) is 0 Å². The fourth-order valence-corrected chi connectivity index (χ4v) is 2.26. The summed E-state index contributed by atoms with van der Waals surface area (Å²) in [7, 11) is 0. The minimum Gasteiger partial charge on any atom is -0.354 e. The van der Waals surface area contributed by atoms with Crippen LogP contribution in [0.1, 0.15) is 6.92 Å². The van der Waals surface area contributed by atoms with E-state index in [4.69, 9.17) is 0 Å². The number of benzene rings is 1. The standard InChI is InChI=1S/C17H17N5O/c1-2-19-17(23)22-16-9-12-5-3-7-15(14(12)11-20-16)21-13-6-4-8-18-10-13/h3-11,21H,2H2,1H3,(H2,19,20,22,23). The van der Waals surface area contributed by atoms with Crippen LogP contribution in [0.3, 0.4) is 0 Å². The third-order valence-corrected chi connectivity index (χ3v) is 3.28. The van der Waals surface area contributed by atoms with Gasteiger partial charge in [0.1, 0.15) is 5.82 Å². The molecule has 116 valence electrons. The van der Waals surface area contributed by atoms with Crippen molar-refractivity contribution in [2.75, 3.05) is 17.2 Å². The first-order chi connectivity index (χ1) is 11.3. The lowest BCUT2D eigenvalue weighted by Gasteiger charge is -2.11. The number of pyridine rings is 2. The van der Waals surface area contributed by atoms with E-state index in [9.17, 15) is 4.79 Å². The summed E-state index contributed by atoms with van der Waals surface area (Å²) in [6.07, 6.45) is 5.24. The van der Waals surface area contributed by atoms with Crippen molar-refractivity contribution in [1.82, 2.24) is 15.3 Å². The second-order valence-corrected chi connectivity index (χ2v) is 4.95. The van der Waals surface area contributed by atoms with Crippen molar-refractivity contribution in [3.63, 3.8) is 0 Å². The van der Waals surface area contributed by atoms with E-state index in [-0.39, 0.29) is 6.03 Å². The lowest BCUT2D eigenvalue weighted by molar-refractivity contribution is 0.252. The topological polar surface area (TPSA) is 78.9 Å². The molecular weight excluding hydrogens is 290 g/mol. The first kappa shape index (κ1) is 14.8. The molecule has 0 aliphatic heterocycles. The maximum Gasteiger partial charge on any atom is 0.320 e. The van der Waals surface area contributed by atoms with Crippen molar-refractivity contribution < 1.29 is 4.79 Å². The van der Waals surface area contributed by atoms with Crippen LogP contribution >= 0.6 is 0 Å². The lowest BCUT2D eigenvalue weighted by Crippen LogP contribution is -2.28. The number of hydrogen-bond donors (Lipinski definition) is 3. The van der Waals surface area contributed by atoms with E-state index in [0.717, 1.165) is 22.1 Å². The van der Waals surface area contributed by atoms with Crippen LogP contribution in [-0.4, -0.2) is 22.5 Å². The highest BCUT2D eigenvalue weighted by Crippen LogP contribution is 2.27. The van der Waals surface area contributed by atoms with Gasteiger partial charge in [0.15, 0.2) is 0 Å². The molecule has 3 aromatic rings. The largest absolute Gasteiger partial charge is 0.354 e. The van der Waals surface area contributed by atoms with Crippen molar-refractivity contribution in [3.8, 4) is 0 Å². The molecule has 0 atom stereocenters. The van der Waals surface area contributed by atoms with Crippen molar-refractivity contribution in [2.45, 2.75) is 6.92 Å². The number of rotatable bonds is 4. The average molecular weight is 307 g/mol. The molecule has 0 unspecified atom stereocenters. The van der Waals surface area contributed by atoms with Gasteiger partial charge in [0.2, 0.25) is 0 Å². The fourth-order valence-electron chi connectivity index (χ4n) is 2.26. The molecule has 1 aromatic carbocycles. The van der Waals surface area contributed by atoms with Gasteiger partial charge in [-0.2, -0.15) is 0 Å². The summed E-state index contributed by atoms with van der Waals surface area (Å²) in [6, 6.07) is 11.3. The number of urea groups is 1. The zero-order valence-electron chi connectivity index (χ0n) is 12.7. The first-order valence-electron chi connectivity index (χ1n) is 7.37. The molecule has 2 amide bonds. The predicted molar refractivity (Wildman–Crippen MR) is 92.0 cm³/mol. The number of hydrogen-bond acceptors (Lipinski definition) is 4. The molecule has 6 nitrogen and oxygen atoms in total. The van der Waals surface area contributed by atoms with Gasteiger partial charge < -0.3 is 10.6 Å². The molecule has 0 saturated carbocycles. The Kier molecular flexibility index (Phi) is 4.33. The number of nitrogens with zero attached hydrogens (tertiary/aromatic N) is 2. The number of aromatic nitrogens is 2. The predicted octanol–water partition coefficient (Wildman–Crippen LogP) is 3.51. The monoisotopic (exact) mass is 307 g/mol. The van der Waals surface area contributed by atoms with E-state index in [1.165, 1.54) is 0 Å². The molecule has 0 fully saturated rings. The third-order valence-electron chi connectivity index (χ3n) is 3.28. The molecule has 0 aliphatic carbocycles. The Bertz CT molecular complexity index is 820. The molecular formula is C17H17N5O. The van der Waals surface area contributed by atoms with E-state index < -0.39 is 0 Å². The number of carbonyl (C=O) groups excluding carboxylic acids is 1. The zero-order chi connectivity index (χ0) is 16.1. The minimum absolute atomic E-state index is 0.260. The smallest absolute Gasteiger partial charge is 0.320 e. The molecule has 2 aromatic heterocycles. The summed E-state index contributed by atoms with van der Waals surface area (Å²) in [6.45, 7) is 2.43. The highest BCUT2D eigenvalue weighted by Gasteiger charge is 2.06. The van der Waals surface area contributed by atoms with Crippen LogP contribution in [0.15, 0.2) is 55.0 Å². The molecule has 3 rings (SSSR count). The highest BCUT2D eigenvalue weighted by molar-refractivity contribution is 5.97. The van der Waals surface area contributed by atoms with Crippen LogP contribution in [0.4, 0.5) is 22.0 Å². The second kappa shape index (κ2) is 6.74. The first-order valence-corrected chi connectivity index (χ1v) is 7.37. The molecule has 2 heterocycles. The van der Waals surface area contributed by atoms with Gasteiger partial charge in [-0.25, -0.2) is 9.78 Å². The number of anilines is 3. The van der Waals surface area contributed by atoms with Crippen molar-refractivity contribution >= 4 is 34.0 Å². The normalized spacial score (nSPS) is 10.3. The van der Waals surface area contributed by atoms with E-state index in [1.807, 2.05) is 43.3 Å². The van der Waals surface area contributed by atoms with Gasteiger partial charge in [-0.3, -0.25) is 10.3 Å². The van der Waals surface area contributed by atoms with Gasteiger partial charge in [-0.1, -0.05) is 12.1 Å². The second-order valence-electron chi connectivity index (χ2n) is 4.95. The number of amides is 2. The van der Waals surface area contributed by atoms with Gasteiger partial charge in [-0.05, 0) is 36.6 Å². The SMILES string of the molecule is CCNC(=O)Nc1cc2cccc(Nc3cccnc3)c2cn1. The molecule has 0 spiro atoms. The highest BCUT2D eigenvalue weighted by atomic mass is 16.2. The van der Waals surface area contributed by atoms with Crippen LogP contribution in [0.5, 0.6) is 0 Å². The summed E-state index contributed by atoms with van der Waals surface area (Å²) in [4.78, 5) is 20.0. The quantitative estimate of drug-likeness (QED) is 0.689. The number of fused-ring (bicyclic) bond motifs is 1. The molecule has 3 N–H and O–H groups in total. The minimum atomic E-state index is -0.260. The van der Waals surface area contributed by atoms with E-state index >= 15 is 0 Å². The molecule has 0 saturated heterocycles. The Morgan fingerprint density at radius 1 is 1.17 bits per heavy atom. The Morgan fingerprint density at radius 2 is 2.09 bits per heavy atom. The maximum atomic E-state index is 11.6. The fraction of sp³-hybridized carbons (Fsp3) is 0.118.